The van der Waals surface area contributed by atoms with Gasteiger partial charge in [-0.2, -0.15) is 0 Å². The van der Waals surface area contributed by atoms with Crippen molar-refractivity contribution in [3.63, 3.8) is 0 Å². The van der Waals surface area contributed by atoms with E-state index in [4.69, 9.17) is 9.84 Å². The van der Waals surface area contributed by atoms with E-state index in [9.17, 15) is 4.79 Å². The van der Waals surface area contributed by atoms with Crippen LogP contribution in [-0.4, -0.2) is 23.2 Å². The summed E-state index contributed by atoms with van der Waals surface area (Å²) in [5.41, 5.74) is 2.92. The van der Waals surface area contributed by atoms with E-state index >= 15 is 0 Å². The molecule has 0 aliphatic rings. The number of hydrogen-bond acceptors (Lipinski definition) is 4. The highest BCUT2D eigenvalue weighted by Gasteiger charge is 2.09. The van der Waals surface area contributed by atoms with Crippen molar-refractivity contribution < 1.29 is 14.6 Å². The third-order valence-corrected chi connectivity index (χ3v) is 4.07. The van der Waals surface area contributed by atoms with E-state index in [0.29, 0.717) is 11.3 Å². The molecule has 0 fully saturated rings. The van der Waals surface area contributed by atoms with Gasteiger partial charge >= 0.3 is 5.97 Å². The number of aromatic carboxylic acids is 1. The molecule has 0 saturated heterocycles. The number of ether oxygens (including phenoxy) is 1. The Balaban J connectivity index is 2.15. The number of aryl methyl sites for hydroxylation is 2. The van der Waals surface area contributed by atoms with Crippen LogP contribution >= 0.6 is 11.8 Å². The van der Waals surface area contributed by atoms with Crippen LogP contribution in [-0.2, 0) is 5.75 Å². The van der Waals surface area contributed by atoms with E-state index < -0.39 is 5.97 Å². The summed E-state index contributed by atoms with van der Waals surface area (Å²) in [6.45, 7) is 3.72. The van der Waals surface area contributed by atoms with Crippen LogP contribution in [0.15, 0.2) is 35.2 Å². The highest BCUT2D eigenvalue weighted by atomic mass is 32.2. The van der Waals surface area contributed by atoms with Gasteiger partial charge in [0.25, 0.3) is 0 Å². The fourth-order valence-electron chi connectivity index (χ4n) is 1.97. The SMILES string of the molecule is COc1cc(C)nc(CSc2ccc(C)c(C(=O)O)c2)c1. The van der Waals surface area contributed by atoms with E-state index in [0.717, 1.165) is 27.6 Å². The monoisotopic (exact) mass is 303 g/mol. The van der Waals surface area contributed by atoms with Crippen LogP contribution in [0, 0.1) is 13.8 Å². The van der Waals surface area contributed by atoms with Gasteiger partial charge < -0.3 is 9.84 Å². The van der Waals surface area contributed by atoms with Gasteiger partial charge in [-0.15, -0.1) is 11.8 Å². The van der Waals surface area contributed by atoms with Crippen molar-refractivity contribution >= 4 is 17.7 Å². The molecule has 0 aliphatic carbocycles. The molecule has 1 N–H and O–H groups in total. The molecule has 0 atom stereocenters. The first-order chi connectivity index (χ1) is 9.99. The minimum absolute atomic E-state index is 0.342. The van der Waals surface area contributed by atoms with Crippen LogP contribution in [0.2, 0.25) is 0 Å². The van der Waals surface area contributed by atoms with Crippen LogP contribution in [0.1, 0.15) is 27.3 Å². The molecule has 110 valence electrons. The zero-order valence-corrected chi connectivity index (χ0v) is 13.0. The van der Waals surface area contributed by atoms with Gasteiger partial charge in [-0.3, -0.25) is 4.98 Å². The number of methoxy groups -OCH3 is 1. The molecule has 0 bridgehead atoms. The fraction of sp³-hybridized carbons (Fsp3) is 0.250. The van der Waals surface area contributed by atoms with Crippen molar-refractivity contribution in [2.24, 2.45) is 0 Å². The number of benzene rings is 1. The molecule has 2 rings (SSSR count). The number of nitrogens with zero attached hydrogens (tertiary/aromatic N) is 1. The van der Waals surface area contributed by atoms with Gasteiger partial charge in [-0.05, 0) is 31.5 Å². The van der Waals surface area contributed by atoms with Gasteiger partial charge in [0.1, 0.15) is 5.75 Å². The van der Waals surface area contributed by atoms with Crippen molar-refractivity contribution in [1.29, 1.82) is 0 Å². The molecule has 0 saturated carbocycles. The number of hydrogen-bond donors (Lipinski definition) is 1. The van der Waals surface area contributed by atoms with Crippen molar-refractivity contribution in [2.45, 2.75) is 24.5 Å². The van der Waals surface area contributed by atoms with Crippen LogP contribution in [0.4, 0.5) is 0 Å². The highest BCUT2D eigenvalue weighted by Crippen LogP contribution is 2.26. The Morgan fingerprint density at radius 1 is 1.29 bits per heavy atom. The second-order valence-electron chi connectivity index (χ2n) is 4.71. The number of rotatable bonds is 5. The molecule has 1 heterocycles. The van der Waals surface area contributed by atoms with Crippen molar-refractivity contribution in [3.05, 3.63) is 52.8 Å². The van der Waals surface area contributed by atoms with Gasteiger partial charge in [-0.25, -0.2) is 4.79 Å². The van der Waals surface area contributed by atoms with E-state index in [1.54, 1.807) is 31.9 Å². The van der Waals surface area contributed by atoms with Gasteiger partial charge in [0.15, 0.2) is 0 Å². The Morgan fingerprint density at radius 3 is 2.71 bits per heavy atom. The third-order valence-electron chi connectivity index (χ3n) is 3.04. The lowest BCUT2D eigenvalue weighted by Crippen LogP contribution is -1.99. The number of pyridine rings is 1. The molecule has 21 heavy (non-hydrogen) atoms. The Morgan fingerprint density at radius 2 is 2.05 bits per heavy atom. The Labute approximate surface area is 128 Å². The van der Waals surface area contributed by atoms with E-state index in [2.05, 4.69) is 4.98 Å². The molecule has 0 radical (unpaired) electrons. The summed E-state index contributed by atoms with van der Waals surface area (Å²) in [6, 6.07) is 9.24. The molecule has 1 aromatic carbocycles. The maximum Gasteiger partial charge on any atom is 0.335 e. The molecule has 0 amide bonds. The zero-order chi connectivity index (χ0) is 15.4. The minimum Gasteiger partial charge on any atom is -0.497 e. The predicted molar refractivity (Wildman–Crippen MR) is 83.2 cm³/mol. The molecule has 4 nitrogen and oxygen atoms in total. The summed E-state index contributed by atoms with van der Waals surface area (Å²) in [7, 11) is 1.63. The largest absolute Gasteiger partial charge is 0.497 e. The van der Waals surface area contributed by atoms with Crippen LogP contribution in [0.25, 0.3) is 0 Å². The molecule has 1 aromatic heterocycles. The van der Waals surface area contributed by atoms with Gasteiger partial charge in [0.2, 0.25) is 0 Å². The number of carboxylic acid groups (broad SMARTS) is 1. The first-order valence-electron chi connectivity index (χ1n) is 6.48. The first kappa shape index (κ1) is 15.4. The molecule has 2 aromatic rings. The van der Waals surface area contributed by atoms with E-state index in [1.807, 2.05) is 31.2 Å². The Hall–Kier alpha value is -2.01. The summed E-state index contributed by atoms with van der Waals surface area (Å²) in [5, 5.41) is 9.14. The fourth-order valence-corrected chi connectivity index (χ4v) is 2.80. The van der Waals surface area contributed by atoms with Crippen molar-refractivity contribution in [2.75, 3.05) is 7.11 Å². The maximum absolute atomic E-state index is 11.1. The number of thioether (sulfide) groups is 1. The minimum atomic E-state index is -0.898. The Bertz CT molecular complexity index is 671. The average molecular weight is 303 g/mol. The topological polar surface area (TPSA) is 59.4 Å². The average Bonchev–Trinajstić information content (AvgIpc) is 2.45. The lowest BCUT2D eigenvalue weighted by molar-refractivity contribution is 0.0696. The van der Waals surface area contributed by atoms with Gasteiger partial charge in [-0.1, -0.05) is 6.07 Å². The third kappa shape index (κ3) is 3.98. The van der Waals surface area contributed by atoms with Crippen molar-refractivity contribution in [3.8, 4) is 5.75 Å². The second kappa shape index (κ2) is 6.63. The van der Waals surface area contributed by atoms with E-state index in [-0.39, 0.29) is 0 Å². The van der Waals surface area contributed by atoms with Crippen LogP contribution in [0.5, 0.6) is 5.75 Å². The van der Waals surface area contributed by atoms with Gasteiger partial charge in [0.05, 0.1) is 18.4 Å². The molecular weight excluding hydrogens is 286 g/mol. The zero-order valence-electron chi connectivity index (χ0n) is 12.2. The standard InChI is InChI=1S/C16H17NO3S/c1-10-4-5-14(8-15(10)16(18)19)21-9-12-7-13(20-3)6-11(2)17-12/h4-8H,9H2,1-3H3,(H,18,19). The Kier molecular flexibility index (Phi) is 4.85. The molecule has 0 spiro atoms. The normalized spacial score (nSPS) is 10.4. The summed E-state index contributed by atoms with van der Waals surface area (Å²) in [4.78, 5) is 16.5. The lowest BCUT2D eigenvalue weighted by atomic mass is 10.1. The quantitative estimate of drug-likeness (QED) is 0.853. The van der Waals surface area contributed by atoms with Gasteiger partial charge in [0, 0.05) is 28.5 Å². The maximum atomic E-state index is 11.1. The number of aromatic nitrogens is 1. The molecule has 5 heteroatoms. The highest BCUT2D eigenvalue weighted by molar-refractivity contribution is 7.98. The van der Waals surface area contributed by atoms with Crippen LogP contribution in [0.3, 0.4) is 0 Å². The number of carbonyl (C=O) groups is 1. The second-order valence-corrected chi connectivity index (χ2v) is 5.76. The molecule has 0 aliphatic heterocycles. The lowest BCUT2D eigenvalue weighted by Gasteiger charge is -2.07. The summed E-state index contributed by atoms with van der Waals surface area (Å²) >= 11 is 1.56. The van der Waals surface area contributed by atoms with Crippen LogP contribution < -0.4 is 4.74 Å². The smallest absolute Gasteiger partial charge is 0.335 e. The molecular formula is C16H17NO3S. The first-order valence-corrected chi connectivity index (χ1v) is 7.46. The number of carboxylic acids is 1. The summed E-state index contributed by atoms with van der Waals surface area (Å²) in [5.74, 6) is 0.554. The van der Waals surface area contributed by atoms with Crippen molar-refractivity contribution in [1.82, 2.24) is 4.98 Å². The van der Waals surface area contributed by atoms with E-state index in [1.165, 1.54) is 0 Å². The molecule has 0 unspecified atom stereocenters. The summed E-state index contributed by atoms with van der Waals surface area (Å²) in [6.07, 6.45) is 0. The summed E-state index contributed by atoms with van der Waals surface area (Å²) < 4.78 is 5.23. The predicted octanol–water partition coefficient (Wildman–Crippen LogP) is 3.70.